The Bertz CT molecular complexity index is 1830. The van der Waals surface area contributed by atoms with E-state index in [1.54, 1.807) is 40.1 Å². The van der Waals surface area contributed by atoms with Crippen LogP contribution in [0, 0.1) is 6.92 Å². The lowest BCUT2D eigenvalue weighted by Gasteiger charge is -2.24. The topological polar surface area (TPSA) is 134 Å². The molecule has 1 atom stereocenters. The summed E-state index contributed by atoms with van der Waals surface area (Å²) >= 11 is 4.38. The van der Waals surface area contributed by atoms with Gasteiger partial charge in [0.15, 0.2) is 0 Å². The second kappa shape index (κ2) is 20.5. The first kappa shape index (κ1) is 37.8. The number of amides is 2. The Morgan fingerprint density at radius 2 is 1.35 bits per heavy atom. The number of benzene rings is 4. The molecule has 0 spiro atoms. The Morgan fingerprint density at radius 1 is 0.833 bits per heavy atom. The molecular formula is C35H39N7O3S3. The molecule has 48 heavy (non-hydrogen) atoms. The van der Waals surface area contributed by atoms with Crippen LogP contribution in [0.15, 0.2) is 108 Å². The SMILES string of the molecule is CN(C(=O)C(NSNCC=O)c1ccccc1)c1ccc2scnc2c1.CN(C)c1ccc2scnc2c1.Cc1ccccc1.NC=O. The highest BCUT2D eigenvalue weighted by atomic mass is 32.2. The van der Waals surface area contributed by atoms with Crippen molar-refractivity contribution in [3.8, 4) is 0 Å². The third-order valence-electron chi connectivity index (χ3n) is 6.60. The van der Waals surface area contributed by atoms with Crippen molar-refractivity contribution in [2.45, 2.75) is 13.0 Å². The first-order valence-corrected chi connectivity index (χ1v) is 17.3. The van der Waals surface area contributed by atoms with Gasteiger partial charge in [-0.2, -0.15) is 0 Å². The van der Waals surface area contributed by atoms with E-state index < -0.39 is 6.04 Å². The predicted octanol–water partition coefficient (Wildman–Crippen LogP) is 6.40. The van der Waals surface area contributed by atoms with Gasteiger partial charge in [0.25, 0.3) is 0 Å². The summed E-state index contributed by atoms with van der Waals surface area (Å²) in [5.74, 6) is -0.105. The van der Waals surface area contributed by atoms with Gasteiger partial charge in [0.2, 0.25) is 12.3 Å². The number of aromatic nitrogens is 2. The maximum absolute atomic E-state index is 13.1. The van der Waals surface area contributed by atoms with Crippen LogP contribution >= 0.6 is 34.8 Å². The van der Waals surface area contributed by atoms with Gasteiger partial charge < -0.3 is 20.3 Å². The molecule has 0 radical (unpaired) electrons. The van der Waals surface area contributed by atoms with E-state index in [4.69, 9.17) is 4.79 Å². The van der Waals surface area contributed by atoms with E-state index in [1.165, 1.54) is 16.0 Å². The van der Waals surface area contributed by atoms with Crippen LogP contribution in [0.25, 0.3) is 20.4 Å². The van der Waals surface area contributed by atoms with Crippen molar-refractivity contribution in [3.05, 3.63) is 119 Å². The fraction of sp³-hybridized carbons (Fsp3) is 0.171. The Kier molecular flexibility index (Phi) is 16.2. The Morgan fingerprint density at radius 3 is 1.85 bits per heavy atom. The van der Waals surface area contributed by atoms with E-state index in [-0.39, 0.29) is 18.9 Å². The molecule has 0 bridgehead atoms. The summed E-state index contributed by atoms with van der Waals surface area (Å²) in [5, 5.41) is 0. The fourth-order valence-electron chi connectivity index (χ4n) is 4.12. The quantitative estimate of drug-likeness (QED) is 0.0890. The van der Waals surface area contributed by atoms with Crippen LogP contribution in [-0.2, 0) is 14.4 Å². The first-order chi connectivity index (χ1) is 23.3. The third kappa shape index (κ3) is 11.9. The monoisotopic (exact) mass is 701 g/mol. The average molecular weight is 702 g/mol. The van der Waals surface area contributed by atoms with Crippen molar-refractivity contribution in [2.75, 3.05) is 37.5 Å². The number of nitrogens with one attached hydrogen (secondary N) is 2. The van der Waals surface area contributed by atoms with Gasteiger partial charge in [-0.05, 0) is 48.9 Å². The molecule has 10 nitrogen and oxygen atoms in total. The molecule has 2 amide bonds. The maximum Gasteiger partial charge on any atom is 0.249 e. The minimum atomic E-state index is -0.559. The van der Waals surface area contributed by atoms with Gasteiger partial charge in [-0.25, -0.2) is 19.4 Å². The summed E-state index contributed by atoms with van der Waals surface area (Å²) in [4.78, 5) is 44.4. The minimum absolute atomic E-state index is 0.105. The molecule has 2 aromatic heterocycles. The molecule has 2 heterocycles. The number of aldehydes is 1. The van der Waals surface area contributed by atoms with Crippen molar-refractivity contribution in [1.82, 2.24) is 19.4 Å². The van der Waals surface area contributed by atoms with Crippen molar-refractivity contribution in [1.29, 1.82) is 0 Å². The summed E-state index contributed by atoms with van der Waals surface area (Å²) in [6.07, 6.45) is 1.02. The van der Waals surface area contributed by atoms with Crippen LogP contribution in [0.4, 0.5) is 11.4 Å². The van der Waals surface area contributed by atoms with E-state index in [1.807, 2.05) is 86.3 Å². The van der Waals surface area contributed by atoms with Crippen LogP contribution in [0.1, 0.15) is 17.2 Å². The molecule has 6 aromatic rings. The number of primary amides is 1. The number of hydrogen-bond donors (Lipinski definition) is 3. The number of thiazole rings is 2. The average Bonchev–Trinajstić information content (AvgIpc) is 3.78. The summed E-state index contributed by atoms with van der Waals surface area (Å²) in [6, 6.07) is 31.3. The number of rotatable bonds is 9. The second-order valence-corrected chi connectivity index (χ2v) is 12.7. The molecule has 6 rings (SSSR count). The Balaban J connectivity index is 0.000000231. The van der Waals surface area contributed by atoms with Crippen LogP contribution in [0.3, 0.4) is 0 Å². The lowest BCUT2D eigenvalue weighted by Crippen LogP contribution is -2.37. The van der Waals surface area contributed by atoms with Gasteiger partial charge in [0, 0.05) is 44.7 Å². The highest BCUT2D eigenvalue weighted by molar-refractivity contribution is 7.95. The standard InChI is InChI=1S/C18H18N4O2S2.C9H10N2S.C7H8.CH3NO/c1-22(14-7-8-16-15(11-14)19-12-25-16)18(24)17(21-26-20-9-10-23)13-5-3-2-4-6-13;1-11(2)7-3-4-9-8(5-7)10-6-12-9;1-7-5-3-2-4-6-7;2-1-3/h2-8,10-12,17,20-21H,9H2,1H3;3-6H,1-2H3;2-6H,1H3;1H,(H2,2,3). The molecule has 0 saturated heterocycles. The van der Waals surface area contributed by atoms with E-state index in [9.17, 15) is 9.59 Å². The summed E-state index contributed by atoms with van der Waals surface area (Å²) in [5.41, 5.74) is 14.0. The van der Waals surface area contributed by atoms with Gasteiger partial charge >= 0.3 is 0 Å². The number of likely N-dealkylation sites (N-methyl/N-ethyl adjacent to an activating group) is 1. The van der Waals surface area contributed by atoms with Gasteiger partial charge in [-0.15, -0.1) is 22.7 Å². The smallest absolute Gasteiger partial charge is 0.249 e. The molecule has 0 fully saturated rings. The summed E-state index contributed by atoms with van der Waals surface area (Å²) < 4.78 is 8.28. The number of aryl methyl sites for hydroxylation is 1. The summed E-state index contributed by atoms with van der Waals surface area (Å²) in [6.45, 7) is 2.28. The number of carbonyl (C=O) groups is 3. The van der Waals surface area contributed by atoms with Crippen LogP contribution in [0.2, 0.25) is 0 Å². The zero-order chi connectivity index (χ0) is 34.7. The molecular weight excluding hydrogens is 663 g/mol. The number of anilines is 2. The zero-order valence-corrected chi connectivity index (χ0v) is 29.6. The molecule has 0 aliphatic heterocycles. The second-order valence-electron chi connectivity index (χ2n) is 10.2. The van der Waals surface area contributed by atoms with E-state index in [0.29, 0.717) is 0 Å². The van der Waals surface area contributed by atoms with Gasteiger partial charge in [0.05, 0.1) is 38.0 Å². The number of fused-ring (bicyclic) bond motifs is 2. The van der Waals surface area contributed by atoms with Crippen LogP contribution in [0.5, 0.6) is 0 Å². The number of hydrogen-bond acceptors (Lipinski definition) is 11. The van der Waals surface area contributed by atoms with Crippen LogP contribution < -0.4 is 25.0 Å². The van der Waals surface area contributed by atoms with E-state index in [2.05, 4.69) is 67.3 Å². The fourth-order valence-corrected chi connectivity index (χ4v) is 6.02. The maximum atomic E-state index is 13.1. The van der Waals surface area contributed by atoms with Crippen molar-refractivity contribution in [2.24, 2.45) is 5.73 Å². The van der Waals surface area contributed by atoms with Gasteiger partial charge in [-0.3, -0.25) is 9.59 Å². The lowest BCUT2D eigenvalue weighted by atomic mass is 10.1. The van der Waals surface area contributed by atoms with E-state index >= 15 is 0 Å². The van der Waals surface area contributed by atoms with Crippen molar-refractivity contribution in [3.63, 3.8) is 0 Å². The summed E-state index contributed by atoms with van der Waals surface area (Å²) in [7, 11) is 5.82. The largest absolute Gasteiger partial charge is 0.378 e. The molecule has 13 heteroatoms. The highest BCUT2D eigenvalue weighted by Gasteiger charge is 2.25. The Hall–Kier alpha value is -4.66. The molecule has 1 unspecified atom stereocenters. The highest BCUT2D eigenvalue weighted by Crippen LogP contribution is 2.26. The Labute approximate surface area is 293 Å². The lowest BCUT2D eigenvalue weighted by molar-refractivity contribution is -0.120. The number of nitrogens with zero attached hydrogens (tertiary/aromatic N) is 4. The zero-order valence-electron chi connectivity index (χ0n) is 27.1. The van der Waals surface area contributed by atoms with Crippen LogP contribution in [-0.4, -0.2) is 56.3 Å². The number of nitrogens with two attached hydrogens (primary N) is 1. The normalized spacial score (nSPS) is 10.7. The van der Waals surface area contributed by atoms with Crippen molar-refractivity contribution >= 4 is 85.2 Å². The molecule has 4 aromatic carbocycles. The first-order valence-electron chi connectivity index (χ1n) is 14.7. The van der Waals surface area contributed by atoms with Gasteiger partial charge in [-0.1, -0.05) is 66.2 Å². The van der Waals surface area contributed by atoms with E-state index in [0.717, 1.165) is 45.4 Å². The minimum Gasteiger partial charge on any atom is -0.378 e. The molecule has 0 aliphatic rings. The third-order valence-corrected chi connectivity index (χ3v) is 8.88. The van der Waals surface area contributed by atoms with Gasteiger partial charge in [0.1, 0.15) is 12.3 Å². The molecule has 0 aliphatic carbocycles. The molecule has 0 saturated carbocycles. The molecule has 4 N–H and O–H groups in total. The molecule has 250 valence electrons. The number of carbonyl (C=O) groups excluding carboxylic acids is 3. The predicted molar refractivity (Wildman–Crippen MR) is 202 cm³/mol. The van der Waals surface area contributed by atoms with Crippen molar-refractivity contribution < 1.29 is 14.4 Å².